The number of hydrogen-bond acceptors (Lipinski definition) is 3. The standard InChI is InChI=1S/C23H32N4O/c1-3-17-7-9-19(10-8-17)27-21-6-4-5-20(21)22(25-27)23(28)26-15-12-18(13-16-26)11-14-24-2/h7-10,18,24H,3-6,11-16H2,1-2H3. The van der Waals surface area contributed by atoms with Crippen LogP contribution in [0.1, 0.15) is 59.9 Å². The van der Waals surface area contributed by atoms with Crippen molar-refractivity contribution in [1.82, 2.24) is 20.0 Å². The summed E-state index contributed by atoms with van der Waals surface area (Å²) in [6.07, 6.45) is 7.55. The molecule has 1 amide bonds. The van der Waals surface area contributed by atoms with Crippen LogP contribution in [0.5, 0.6) is 0 Å². The SMILES string of the molecule is CCc1ccc(-n2nc(C(=O)N3CCC(CCNC)CC3)c3c2CCC3)cc1. The van der Waals surface area contributed by atoms with Crippen molar-refractivity contribution in [2.75, 3.05) is 26.7 Å². The molecule has 2 aromatic rings. The summed E-state index contributed by atoms with van der Waals surface area (Å²) in [5.74, 6) is 0.867. The summed E-state index contributed by atoms with van der Waals surface area (Å²) in [5, 5.41) is 8.05. The minimum absolute atomic E-state index is 0.133. The van der Waals surface area contributed by atoms with Gasteiger partial charge in [-0.25, -0.2) is 4.68 Å². The van der Waals surface area contributed by atoms with Crippen molar-refractivity contribution in [2.24, 2.45) is 5.92 Å². The number of benzene rings is 1. The van der Waals surface area contributed by atoms with Gasteiger partial charge in [-0.05, 0) is 82.2 Å². The van der Waals surface area contributed by atoms with Crippen LogP contribution >= 0.6 is 0 Å². The Kier molecular flexibility index (Phi) is 5.81. The third-order valence-corrected chi connectivity index (χ3v) is 6.43. The zero-order chi connectivity index (χ0) is 19.5. The van der Waals surface area contributed by atoms with E-state index in [2.05, 4.69) is 36.5 Å². The number of amides is 1. The molecule has 2 aliphatic rings. The van der Waals surface area contributed by atoms with Crippen LogP contribution in [0.3, 0.4) is 0 Å². The minimum atomic E-state index is 0.133. The van der Waals surface area contributed by atoms with Crippen LogP contribution in [0.4, 0.5) is 0 Å². The van der Waals surface area contributed by atoms with E-state index in [1.807, 2.05) is 16.6 Å². The molecule has 150 valence electrons. The number of hydrogen-bond donors (Lipinski definition) is 1. The largest absolute Gasteiger partial charge is 0.337 e. The molecule has 4 rings (SSSR count). The van der Waals surface area contributed by atoms with Crippen LogP contribution in [0.15, 0.2) is 24.3 Å². The Bertz CT molecular complexity index is 816. The molecule has 1 saturated heterocycles. The van der Waals surface area contributed by atoms with E-state index >= 15 is 0 Å². The molecule has 1 aromatic carbocycles. The average molecular weight is 381 g/mol. The predicted octanol–water partition coefficient (Wildman–Crippen LogP) is 3.39. The van der Waals surface area contributed by atoms with Crippen molar-refractivity contribution in [3.8, 4) is 5.69 Å². The summed E-state index contributed by atoms with van der Waals surface area (Å²) in [5.41, 5.74) is 5.50. The van der Waals surface area contributed by atoms with Crippen molar-refractivity contribution < 1.29 is 4.79 Å². The number of fused-ring (bicyclic) bond motifs is 1. The van der Waals surface area contributed by atoms with E-state index in [4.69, 9.17) is 5.10 Å². The minimum Gasteiger partial charge on any atom is -0.337 e. The second-order valence-corrected chi connectivity index (χ2v) is 8.19. The third-order valence-electron chi connectivity index (χ3n) is 6.43. The van der Waals surface area contributed by atoms with E-state index in [0.29, 0.717) is 5.69 Å². The summed E-state index contributed by atoms with van der Waals surface area (Å²) in [6.45, 7) is 4.95. The van der Waals surface area contributed by atoms with E-state index in [9.17, 15) is 4.79 Å². The number of rotatable bonds is 6. The van der Waals surface area contributed by atoms with Crippen LogP contribution in [0, 0.1) is 5.92 Å². The summed E-state index contributed by atoms with van der Waals surface area (Å²) in [7, 11) is 2.01. The number of piperidine rings is 1. The van der Waals surface area contributed by atoms with Gasteiger partial charge in [0.05, 0.1) is 5.69 Å². The fraction of sp³-hybridized carbons (Fsp3) is 0.565. The van der Waals surface area contributed by atoms with Gasteiger partial charge in [-0.15, -0.1) is 0 Å². The normalized spacial score (nSPS) is 17.1. The Morgan fingerprint density at radius 1 is 1.18 bits per heavy atom. The van der Waals surface area contributed by atoms with E-state index in [0.717, 1.165) is 69.8 Å². The molecule has 0 unspecified atom stereocenters. The van der Waals surface area contributed by atoms with Gasteiger partial charge in [0.15, 0.2) is 5.69 Å². The lowest BCUT2D eigenvalue weighted by atomic mass is 9.93. The molecule has 1 aliphatic heterocycles. The highest BCUT2D eigenvalue weighted by Crippen LogP contribution is 2.30. The molecule has 1 fully saturated rings. The molecule has 0 radical (unpaired) electrons. The number of aromatic nitrogens is 2. The second-order valence-electron chi connectivity index (χ2n) is 8.19. The number of aryl methyl sites for hydroxylation is 1. The van der Waals surface area contributed by atoms with Crippen LogP contribution in [-0.4, -0.2) is 47.3 Å². The van der Waals surface area contributed by atoms with Gasteiger partial charge in [0, 0.05) is 24.3 Å². The summed E-state index contributed by atoms with van der Waals surface area (Å²) in [4.78, 5) is 15.3. The molecule has 1 N–H and O–H groups in total. The fourth-order valence-electron chi connectivity index (χ4n) is 4.62. The second kappa shape index (κ2) is 8.48. The highest BCUT2D eigenvalue weighted by molar-refractivity contribution is 5.94. The van der Waals surface area contributed by atoms with Gasteiger partial charge in [0.25, 0.3) is 5.91 Å². The quantitative estimate of drug-likeness (QED) is 0.836. The maximum absolute atomic E-state index is 13.3. The van der Waals surface area contributed by atoms with Crippen molar-refractivity contribution in [3.63, 3.8) is 0 Å². The summed E-state index contributed by atoms with van der Waals surface area (Å²) < 4.78 is 2.02. The Hall–Kier alpha value is -2.14. The van der Waals surface area contributed by atoms with E-state index in [1.165, 1.54) is 23.2 Å². The van der Waals surface area contributed by atoms with Gasteiger partial charge in [-0.2, -0.15) is 5.10 Å². The highest BCUT2D eigenvalue weighted by Gasteiger charge is 2.31. The van der Waals surface area contributed by atoms with Gasteiger partial charge in [-0.1, -0.05) is 19.1 Å². The number of nitrogens with one attached hydrogen (secondary N) is 1. The molecule has 0 spiro atoms. The Labute approximate surface area is 168 Å². The third kappa shape index (κ3) is 3.72. The van der Waals surface area contributed by atoms with Gasteiger partial charge < -0.3 is 10.2 Å². The number of carbonyl (C=O) groups excluding carboxylic acids is 1. The van der Waals surface area contributed by atoms with Crippen molar-refractivity contribution >= 4 is 5.91 Å². The van der Waals surface area contributed by atoms with Gasteiger partial charge in [0.1, 0.15) is 0 Å². The first-order valence-corrected chi connectivity index (χ1v) is 10.8. The number of nitrogens with zero attached hydrogens (tertiary/aromatic N) is 3. The Balaban J connectivity index is 1.53. The Morgan fingerprint density at radius 2 is 1.93 bits per heavy atom. The van der Waals surface area contributed by atoms with Crippen molar-refractivity contribution in [1.29, 1.82) is 0 Å². The van der Waals surface area contributed by atoms with Gasteiger partial charge in [-0.3, -0.25) is 4.79 Å². The lowest BCUT2D eigenvalue weighted by molar-refractivity contribution is 0.0679. The first-order valence-electron chi connectivity index (χ1n) is 10.8. The molecule has 0 atom stereocenters. The van der Waals surface area contributed by atoms with Crippen LogP contribution in [0.2, 0.25) is 0 Å². The summed E-state index contributed by atoms with van der Waals surface area (Å²) in [6, 6.07) is 8.59. The monoisotopic (exact) mass is 380 g/mol. The fourth-order valence-corrected chi connectivity index (χ4v) is 4.62. The Morgan fingerprint density at radius 3 is 2.61 bits per heavy atom. The van der Waals surface area contributed by atoms with E-state index < -0.39 is 0 Å². The molecule has 0 saturated carbocycles. The van der Waals surface area contributed by atoms with Crippen molar-refractivity contribution in [2.45, 2.75) is 51.9 Å². The first kappa shape index (κ1) is 19.2. The summed E-state index contributed by atoms with van der Waals surface area (Å²) >= 11 is 0. The molecular formula is C23H32N4O. The van der Waals surface area contributed by atoms with Crippen LogP contribution in [0.25, 0.3) is 5.69 Å². The maximum Gasteiger partial charge on any atom is 0.274 e. The lowest BCUT2D eigenvalue weighted by Crippen LogP contribution is -2.39. The first-order chi connectivity index (χ1) is 13.7. The van der Waals surface area contributed by atoms with E-state index in [1.54, 1.807) is 0 Å². The van der Waals surface area contributed by atoms with Crippen LogP contribution < -0.4 is 5.32 Å². The van der Waals surface area contributed by atoms with Crippen LogP contribution in [-0.2, 0) is 19.3 Å². The smallest absolute Gasteiger partial charge is 0.274 e. The number of likely N-dealkylation sites (tertiary alicyclic amines) is 1. The number of carbonyl (C=O) groups is 1. The highest BCUT2D eigenvalue weighted by atomic mass is 16.2. The zero-order valence-corrected chi connectivity index (χ0v) is 17.2. The molecule has 5 heteroatoms. The molecule has 0 bridgehead atoms. The molecule has 1 aromatic heterocycles. The molecule has 2 heterocycles. The molecule has 1 aliphatic carbocycles. The maximum atomic E-state index is 13.3. The van der Waals surface area contributed by atoms with Crippen molar-refractivity contribution in [3.05, 3.63) is 46.8 Å². The zero-order valence-electron chi connectivity index (χ0n) is 17.2. The predicted molar refractivity (Wildman–Crippen MR) is 112 cm³/mol. The molecule has 5 nitrogen and oxygen atoms in total. The average Bonchev–Trinajstić information content (AvgIpc) is 3.35. The molecule has 28 heavy (non-hydrogen) atoms. The lowest BCUT2D eigenvalue weighted by Gasteiger charge is -2.31. The van der Waals surface area contributed by atoms with Gasteiger partial charge in [0.2, 0.25) is 0 Å². The van der Waals surface area contributed by atoms with Gasteiger partial charge >= 0.3 is 0 Å². The molecular weight excluding hydrogens is 348 g/mol. The van der Waals surface area contributed by atoms with E-state index in [-0.39, 0.29) is 5.91 Å². The topological polar surface area (TPSA) is 50.2 Å².